The Morgan fingerprint density at radius 1 is 1.43 bits per heavy atom. The zero-order valence-electron chi connectivity index (χ0n) is 8.41. The molecule has 0 aromatic rings. The normalized spacial score (nSPS) is 17.1. The number of hydrogen-bond donors (Lipinski definition) is 1. The summed E-state index contributed by atoms with van der Waals surface area (Å²) in [6, 6.07) is 0. The van der Waals surface area contributed by atoms with Gasteiger partial charge in [-0.1, -0.05) is 6.92 Å². The van der Waals surface area contributed by atoms with Gasteiger partial charge in [0.15, 0.2) is 0 Å². The van der Waals surface area contributed by atoms with E-state index in [0.29, 0.717) is 19.8 Å². The Bertz CT molecular complexity index is 218. The molecule has 5 heteroatoms. The van der Waals surface area contributed by atoms with Crippen molar-refractivity contribution in [3.8, 4) is 0 Å². The molecule has 0 atom stereocenters. The monoisotopic (exact) mass is 200 g/mol. The number of rotatable bonds is 5. The number of amides is 2. The first-order chi connectivity index (χ1) is 6.74. The zero-order chi connectivity index (χ0) is 10.4. The molecule has 1 saturated heterocycles. The number of carbonyl (C=O) groups excluding carboxylic acids is 2. The summed E-state index contributed by atoms with van der Waals surface area (Å²) in [7, 11) is 0. The van der Waals surface area contributed by atoms with Gasteiger partial charge >= 0.3 is 0 Å². The standard InChI is InChI=1S/C9H16N2O3/c1-2-4-14-5-3-11-7-8(12)10-6-9(11)13/h2-7H2,1H3,(H,10,12). The van der Waals surface area contributed by atoms with Crippen molar-refractivity contribution in [3.05, 3.63) is 0 Å². The first kappa shape index (κ1) is 11.0. The molecule has 0 aliphatic carbocycles. The number of piperazine rings is 1. The third kappa shape index (κ3) is 3.33. The van der Waals surface area contributed by atoms with Crippen LogP contribution in [0.15, 0.2) is 0 Å². The van der Waals surface area contributed by atoms with E-state index in [1.54, 1.807) is 0 Å². The second kappa shape index (κ2) is 5.59. The minimum absolute atomic E-state index is 0.0373. The molecule has 5 nitrogen and oxygen atoms in total. The molecule has 0 saturated carbocycles. The molecule has 1 N–H and O–H groups in total. The lowest BCUT2D eigenvalue weighted by atomic mass is 10.3. The fraction of sp³-hybridized carbons (Fsp3) is 0.778. The SMILES string of the molecule is CCCOCCN1CC(=O)NCC1=O. The second-order valence-corrected chi connectivity index (χ2v) is 3.20. The molecule has 1 heterocycles. The molecule has 1 aliphatic heterocycles. The quantitative estimate of drug-likeness (QED) is 0.601. The zero-order valence-corrected chi connectivity index (χ0v) is 8.41. The molecular weight excluding hydrogens is 184 g/mol. The van der Waals surface area contributed by atoms with E-state index in [0.717, 1.165) is 6.42 Å². The fourth-order valence-corrected chi connectivity index (χ4v) is 1.23. The summed E-state index contributed by atoms with van der Waals surface area (Å²) < 4.78 is 5.24. The largest absolute Gasteiger partial charge is 0.380 e. The number of carbonyl (C=O) groups is 2. The summed E-state index contributed by atoms with van der Waals surface area (Å²) in [5.41, 5.74) is 0. The van der Waals surface area contributed by atoms with Gasteiger partial charge < -0.3 is 15.0 Å². The molecule has 1 rings (SSSR count). The summed E-state index contributed by atoms with van der Waals surface area (Å²) in [4.78, 5) is 23.7. The lowest BCUT2D eigenvalue weighted by Gasteiger charge is -2.26. The van der Waals surface area contributed by atoms with Crippen molar-refractivity contribution in [2.24, 2.45) is 0 Å². The van der Waals surface area contributed by atoms with Crippen molar-refractivity contribution in [2.75, 3.05) is 32.8 Å². The fourth-order valence-electron chi connectivity index (χ4n) is 1.23. The Hall–Kier alpha value is -1.10. The smallest absolute Gasteiger partial charge is 0.242 e. The minimum atomic E-state index is -0.0971. The van der Waals surface area contributed by atoms with Crippen LogP contribution in [0.4, 0.5) is 0 Å². The van der Waals surface area contributed by atoms with E-state index < -0.39 is 0 Å². The van der Waals surface area contributed by atoms with Crippen molar-refractivity contribution in [1.82, 2.24) is 10.2 Å². The molecule has 1 fully saturated rings. The van der Waals surface area contributed by atoms with Crippen LogP contribution in [0.2, 0.25) is 0 Å². The Labute approximate surface area is 83.4 Å². The van der Waals surface area contributed by atoms with Crippen LogP contribution < -0.4 is 5.32 Å². The highest BCUT2D eigenvalue weighted by molar-refractivity contribution is 5.92. The third-order valence-corrected chi connectivity index (χ3v) is 1.98. The Morgan fingerprint density at radius 2 is 2.21 bits per heavy atom. The lowest BCUT2D eigenvalue weighted by molar-refractivity contribution is -0.141. The predicted octanol–water partition coefficient (Wildman–Crippen LogP) is -0.629. The average Bonchev–Trinajstić information content (AvgIpc) is 2.18. The molecule has 0 aromatic carbocycles. The van der Waals surface area contributed by atoms with Gasteiger partial charge in [0.25, 0.3) is 0 Å². The molecule has 14 heavy (non-hydrogen) atoms. The van der Waals surface area contributed by atoms with Gasteiger partial charge in [0, 0.05) is 13.2 Å². The Morgan fingerprint density at radius 3 is 2.93 bits per heavy atom. The third-order valence-electron chi connectivity index (χ3n) is 1.98. The van der Waals surface area contributed by atoms with Crippen molar-refractivity contribution in [3.63, 3.8) is 0 Å². The van der Waals surface area contributed by atoms with Crippen LogP contribution in [0.25, 0.3) is 0 Å². The van der Waals surface area contributed by atoms with Gasteiger partial charge in [-0.05, 0) is 6.42 Å². The van der Waals surface area contributed by atoms with Crippen molar-refractivity contribution >= 4 is 11.8 Å². The molecule has 0 aromatic heterocycles. The summed E-state index contributed by atoms with van der Waals surface area (Å²) in [5.74, 6) is -0.134. The van der Waals surface area contributed by atoms with E-state index in [1.807, 2.05) is 6.92 Å². The van der Waals surface area contributed by atoms with Crippen LogP contribution in [0, 0.1) is 0 Å². The molecule has 0 radical (unpaired) electrons. The van der Waals surface area contributed by atoms with Crippen molar-refractivity contribution in [1.29, 1.82) is 0 Å². The highest BCUT2D eigenvalue weighted by atomic mass is 16.5. The topological polar surface area (TPSA) is 58.6 Å². The van der Waals surface area contributed by atoms with Gasteiger partial charge in [0.2, 0.25) is 11.8 Å². The Kier molecular flexibility index (Phi) is 4.39. The van der Waals surface area contributed by atoms with Crippen LogP contribution in [-0.2, 0) is 14.3 Å². The van der Waals surface area contributed by atoms with Crippen molar-refractivity contribution < 1.29 is 14.3 Å². The number of ether oxygens (including phenoxy) is 1. The van der Waals surface area contributed by atoms with Gasteiger partial charge in [0.1, 0.15) is 0 Å². The molecule has 0 bridgehead atoms. The van der Waals surface area contributed by atoms with Crippen LogP contribution in [0.1, 0.15) is 13.3 Å². The number of nitrogens with one attached hydrogen (secondary N) is 1. The van der Waals surface area contributed by atoms with Crippen LogP contribution >= 0.6 is 0 Å². The van der Waals surface area contributed by atoms with E-state index in [4.69, 9.17) is 4.74 Å². The van der Waals surface area contributed by atoms with Gasteiger partial charge in [-0.2, -0.15) is 0 Å². The van der Waals surface area contributed by atoms with Gasteiger partial charge in [-0.15, -0.1) is 0 Å². The summed E-state index contributed by atoms with van der Waals surface area (Å²) in [5, 5.41) is 2.49. The second-order valence-electron chi connectivity index (χ2n) is 3.20. The van der Waals surface area contributed by atoms with Crippen LogP contribution in [0.5, 0.6) is 0 Å². The van der Waals surface area contributed by atoms with E-state index in [2.05, 4.69) is 5.32 Å². The van der Waals surface area contributed by atoms with Gasteiger partial charge in [0.05, 0.1) is 19.7 Å². The predicted molar refractivity (Wildman–Crippen MR) is 50.7 cm³/mol. The van der Waals surface area contributed by atoms with E-state index >= 15 is 0 Å². The molecule has 0 spiro atoms. The maximum Gasteiger partial charge on any atom is 0.242 e. The first-order valence-electron chi connectivity index (χ1n) is 4.86. The van der Waals surface area contributed by atoms with E-state index in [9.17, 15) is 9.59 Å². The van der Waals surface area contributed by atoms with Gasteiger partial charge in [-0.25, -0.2) is 0 Å². The van der Waals surface area contributed by atoms with Crippen LogP contribution in [0.3, 0.4) is 0 Å². The maximum atomic E-state index is 11.3. The van der Waals surface area contributed by atoms with Crippen molar-refractivity contribution in [2.45, 2.75) is 13.3 Å². The first-order valence-corrected chi connectivity index (χ1v) is 4.86. The number of nitrogens with zero attached hydrogens (tertiary/aromatic N) is 1. The molecule has 80 valence electrons. The lowest BCUT2D eigenvalue weighted by Crippen LogP contribution is -2.52. The Balaban J connectivity index is 2.21. The minimum Gasteiger partial charge on any atom is -0.380 e. The van der Waals surface area contributed by atoms with Crippen LogP contribution in [-0.4, -0.2) is 49.6 Å². The molecule has 1 aliphatic rings. The van der Waals surface area contributed by atoms with E-state index in [1.165, 1.54) is 4.90 Å². The summed E-state index contributed by atoms with van der Waals surface area (Å²) >= 11 is 0. The van der Waals surface area contributed by atoms with Gasteiger partial charge in [-0.3, -0.25) is 9.59 Å². The molecular formula is C9H16N2O3. The summed E-state index contributed by atoms with van der Waals surface area (Å²) in [6.07, 6.45) is 0.967. The molecule has 0 unspecified atom stereocenters. The molecule has 2 amide bonds. The highest BCUT2D eigenvalue weighted by Gasteiger charge is 2.22. The highest BCUT2D eigenvalue weighted by Crippen LogP contribution is 1.95. The number of hydrogen-bond acceptors (Lipinski definition) is 3. The maximum absolute atomic E-state index is 11.3. The average molecular weight is 200 g/mol. The summed E-state index contributed by atoms with van der Waals surface area (Å²) in [6.45, 7) is 4.02. The van der Waals surface area contributed by atoms with E-state index in [-0.39, 0.29) is 24.9 Å².